The summed E-state index contributed by atoms with van der Waals surface area (Å²) in [7, 11) is 0. The van der Waals surface area contributed by atoms with E-state index >= 15 is 0 Å². The molecule has 0 bridgehead atoms. The molecule has 1 rings (SSSR count). The molecule has 1 N–H and O–H groups in total. The summed E-state index contributed by atoms with van der Waals surface area (Å²) in [6.45, 7) is 0. The average molecular weight is 226 g/mol. The Morgan fingerprint density at radius 3 is 2.57 bits per heavy atom. The van der Waals surface area contributed by atoms with E-state index in [4.69, 9.17) is 16.7 Å². The molecule has 0 aliphatic heterocycles. The summed E-state index contributed by atoms with van der Waals surface area (Å²) in [6, 6.07) is 0. The zero-order valence-electron chi connectivity index (χ0n) is 6.47. The lowest BCUT2D eigenvalue weighted by atomic mass is 10.2. The molecule has 0 amide bonds. The highest BCUT2D eigenvalue weighted by Gasteiger charge is 2.23. The molecule has 0 saturated carbocycles. The maximum absolute atomic E-state index is 12.7. The monoisotopic (exact) mass is 225 g/mol. The van der Waals surface area contributed by atoms with Crippen LogP contribution < -0.4 is 0 Å². The minimum Gasteiger partial charge on any atom is -0.477 e. The van der Waals surface area contributed by atoms with Gasteiger partial charge >= 0.3 is 5.97 Å². The summed E-state index contributed by atoms with van der Waals surface area (Å²) >= 11 is 5.26. The van der Waals surface area contributed by atoms with Crippen molar-refractivity contribution in [2.75, 3.05) is 0 Å². The number of halogens is 4. The molecule has 76 valence electrons. The SMILES string of the molecule is O=C(O)c1c(F)ncc(C(F)F)c1Cl. The number of aromatic carboxylic acids is 1. The molecule has 0 aliphatic rings. The Labute approximate surface area is 81.1 Å². The number of aromatic nitrogens is 1. The van der Waals surface area contributed by atoms with E-state index in [9.17, 15) is 18.0 Å². The van der Waals surface area contributed by atoms with Crippen LogP contribution in [0.3, 0.4) is 0 Å². The first-order valence-corrected chi connectivity index (χ1v) is 3.68. The molecule has 0 radical (unpaired) electrons. The first-order valence-electron chi connectivity index (χ1n) is 3.30. The van der Waals surface area contributed by atoms with Crippen molar-refractivity contribution in [3.05, 3.63) is 28.3 Å². The number of carboxylic acid groups (broad SMARTS) is 1. The summed E-state index contributed by atoms with van der Waals surface area (Å²) in [5.41, 5.74) is -1.84. The molecule has 3 nitrogen and oxygen atoms in total. The van der Waals surface area contributed by atoms with Gasteiger partial charge in [-0.15, -0.1) is 0 Å². The predicted molar refractivity (Wildman–Crippen MR) is 41.1 cm³/mol. The van der Waals surface area contributed by atoms with Gasteiger partial charge in [0.2, 0.25) is 5.95 Å². The molecule has 0 fully saturated rings. The Balaban J connectivity index is 3.41. The van der Waals surface area contributed by atoms with Crippen LogP contribution >= 0.6 is 11.6 Å². The van der Waals surface area contributed by atoms with Gasteiger partial charge in [-0.2, -0.15) is 4.39 Å². The average Bonchev–Trinajstić information content (AvgIpc) is 2.02. The van der Waals surface area contributed by atoms with Gasteiger partial charge in [0.1, 0.15) is 5.56 Å². The number of carboxylic acids is 1. The topological polar surface area (TPSA) is 50.2 Å². The van der Waals surface area contributed by atoms with E-state index in [2.05, 4.69) is 4.98 Å². The van der Waals surface area contributed by atoms with Crippen LogP contribution in [0.25, 0.3) is 0 Å². The third kappa shape index (κ3) is 1.79. The van der Waals surface area contributed by atoms with Gasteiger partial charge in [-0.25, -0.2) is 18.6 Å². The Kier molecular flexibility index (Phi) is 2.95. The minimum atomic E-state index is -2.99. The van der Waals surface area contributed by atoms with Crippen molar-refractivity contribution < 1.29 is 23.1 Å². The lowest BCUT2D eigenvalue weighted by Crippen LogP contribution is -2.06. The molecule has 0 saturated heterocycles. The fraction of sp³-hybridized carbons (Fsp3) is 0.143. The van der Waals surface area contributed by atoms with Crippen molar-refractivity contribution >= 4 is 17.6 Å². The van der Waals surface area contributed by atoms with Gasteiger partial charge in [-0.1, -0.05) is 11.6 Å². The van der Waals surface area contributed by atoms with E-state index in [1.807, 2.05) is 0 Å². The Morgan fingerprint density at radius 1 is 1.57 bits per heavy atom. The third-order valence-corrected chi connectivity index (χ3v) is 1.85. The number of hydrogen-bond donors (Lipinski definition) is 1. The maximum atomic E-state index is 12.7. The lowest BCUT2D eigenvalue weighted by molar-refractivity contribution is 0.0690. The van der Waals surface area contributed by atoms with Crippen LogP contribution in [0, 0.1) is 5.95 Å². The summed E-state index contributed by atoms with van der Waals surface area (Å²) in [4.78, 5) is 13.3. The third-order valence-electron chi connectivity index (χ3n) is 1.45. The summed E-state index contributed by atoms with van der Waals surface area (Å²) < 4.78 is 37.0. The molecule has 7 heteroatoms. The minimum absolute atomic E-state index is 0.509. The summed E-state index contributed by atoms with van der Waals surface area (Å²) in [5.74, 6) is -3.12. The van der Waals surface area contributed by atoms with Gasteiger partial charge in [0.25, 0.3) is 6.43 Å². The van der Waals surface area contributed by atoms with E-state index < -0.39 is 34.5 Å². The van der Waals surface area contributed by atoms with Crippen LogP contribution in [-0.4, -0.2) is 16.1 Å². The van der Waals surface area contributed by atoms with Crippen molar-refractivity contribution in [1.29, 1.82) is 0 Å². The largest absolute Gasteiger partial charge is 0.477 e. The summed E-state index contributed by atoms with van der Waals surface area (Å²) in [6.07, 6.45) is -2.48. The van der Waals surface area contributed by atoms with E-state index in [1.54, 1.807) is 0 Å². The van der Waals surface area contributed by atoms with Crippen molar-refractivity contribution in [2.45, 2.75) is 6.43 Å². The molecule has 1 aromatic rings. The van der Waals surface area contributed by atoms with E-state index in [0.29, 0.717) is 6.20 Å². The van der Waals surface area contributed by atoms with Crippen molar-refractivity contribution in [3.8, 4) is 0 Å². The van der Waals surface area contributed by atoms with Crippen molar-refractivity contribution in [1.82, 2.24) is 4.98 Å². The first kappa shape index (κ1) is 10.8. The van der Waals surface area contributed by atoms with Gasteiger partial charge in [0.15, 0.2) is 0 Å². The lowest BCUT2D eigenvalue weighted by Gasteiger charge is -2.05. The molecule has 0 spiro atoms. The summed E-state index contributed by atoms with van der Waals surface area (Å²) in [5, 5.41) is 7.62. The van der Waals surface area contributed by atoms with Crippen LogP contribution in [0.2, 0.25) is 5.02 Å². The van der Waals surface area contributed by atoms with Crippen LogP contribution in [0.1, 0.15) is 22.3 Å². The zero-order chi connectivity index (χ0) is 10.9. The number of pyridine rings is 1. The smallest absolute Gasteiger partial charge is 0.341 e. The van der Waals surface area contributed by atoms with Crippen LogP contribution in [0.4, 0.5) is 13.2 Å². The zero-order valence-corrected chi connectivity index (χ0v) is 7.23. The molecule has 1 aromatic heterocycles. The standard InChI is InChI=1S/C7H3ClF3NO2/c8-4-2(5(9)10)1-12-6(11)3(4)7(13)14/h1,5H,(H,13,14). The molecular weight excluding hydrogens is 223 g/mol. The second-order valence-corrected chi connectivity index (χ2v) is 2.68. The van der Waals surface area contributed by atoms with Gasteiger partial charge in [0.05, 0.1) is 10.6 Å². The van der Waals surface area contributed by atoms with Crippen LogP contribution in [0.5, 0.6) is 0 Å². The molecular formula is C7H3ClF3NO2. The number of nitrogens with zero attached hydrogens (tertiary/aromatic N) is 1. The quantitative estimate of drug-likeness (QED) is 0.787. The van der Waals surface area contributed by atoms with E-state index in [-0.39, 0.29) is 0 Å². The molecule has 0 aliphatic carbocycles. The number of alkyl halides is 2. The van der Waals surface area contributed by atoms with Gasteiger partial charge in [0, 0.05) is 6.20 Å². The normalized spacial score (nSPS) is 10.6. The molecule has 0 atom stereocenters. The van der Waals surface area contributed by atoms with Crippen molar-refractivity contribution in [3.63, 3.8) is 0 Å². The molecule has 0 unspecified atom stereocenters. The molecule has 0 aromatic carbocycles. The second kappa shape index (κ2) is 3.83. The number of carbonyl (C=O) groups is 1. The van der Waals surface area contributed by atoms with Crippen LogP contribution in [-0.2, 0) is 0 Å². The van der Waals surface area contributed by atoms with Crippen molar-refractivity contribution in [2.24, 2.45) is 0 Å². The van der Waals surface area contributed by atoms with Gasteiger partial charge < -0.3 is 5.11 Å². The molecule has 14 heavy (non-hydrogen) atoms. The highest BCUT2D eigenvalue weighted by atomic mass is 35.5. The fourth-order valence-corrected chi connectivity index (χ4v) is 1.11. The highest BCUT2D eigenvalue weighted by Crippen LogP contribution is 2.29. The van der Waals surface area contributed by atoms with E-state index in [1.165, 1.54) is 0 Å². The highest BCUT2D eigenvalue weighted by molar-refractivity contribution is 6.34. The first-order chi connectivity index (χ1) is 6.45. The predicted octanol–water partition coefficient (Wildman–Crippen LogP) is 2.51. The maximum Gasteiger partial charge on any atom is 0.341 e. The van der Waals surface area contributed by atoms with E-state index in [0.717, 1.165) is 0 Å². The Morgan fingerprint density at radius 2 is 2.14 bits per heavy atom. The van der Waals surface area contributed by atoms with Gasteiger partial charge in [-0.05, 0) is 0 Å². The number of hydrogen-bond acceptors (Lipinski definition) is 2. The Hall–Kier alpha value is -1.30. The second-order valence-electron chi connectivity index (χ2n) is 2.30. The van der Waals surface area contributed by atoms with Gasteiger partial charge in [-0.3, -0.25) is 0 Å². The Bertz CT molecular complexity index is 383. The molecule has 1 heterocycles. The number of rotatable bonds is 2. The fourth-order valence-electron chi connectivity index (χ4n) is 0.817. The van der Waals surface area contributed by atoms with Crippen LogP contribution in [0.15, 0.2) is 6.20 Å².